The second-order valence-electron chi connectivity index (χ2n) is 6.92. The molecule has 0 saturated carbocycles. The number of carbonyl (C=O) groups excluding carboxylic acids is 2. The molecule has 0 aliphatic rings. The van der Waals surface area contributed by atoms with Crippen molar-refractivity contribution < 1.29 is 18.4 Å². The molecule has 0 atom stereocenters. The molecule has 0 heterocycles. The Balaban J connectivity index is 2.52. The van der Waals surface area contributed by atoms with Crippen LogP contribution in [0.2, 0.25) is 0 Å². The summed E-state index contributed by atoms with van der Waals surface area (Å²) in [6.45, 7) is 4.07. The van der Waals surface area contributed by atoms with Crippen LogP contribution in [0, 0.1) is 11.6 Å². The highest BCUT2D eigenvalue weighted by molar-refractivity contribution is 8.76. The minimum Gasteiger partial charge on any atom is -0.365 e. The number of amides is 2. The molecule has 8 heteroatoms. The highest BCUT2D eigenvalue weighted by Crippen LogP contribution is 2.45. The Morgan fingerprint density at radius 1 is 0.767 bits per heavy atom. The Labute approximate surface area is 183 Å². The number of benzene rings is 2. The van der Waals surface area contributed by atoms with E-state index in [0.717, 1.165) is 58.4 Å². The molecule has 4 N–H and O–H groups in total. The first-order chi connectivity index (χ1) is 14.3. The molecule has 2 aromatic carbocycles. The van der Waals surface area contributed by atoms with E-state index in [1.165, 1.54) is 12.1 Å². The molecule has 162 valence electrons. The normalized spacial score (nSPS) is 10.9. The van der Waals surface area contributed by atoms with Gasteiger partial charge >= 0.3 is 0 Å². The van der Waals surface area contributed by atoms with Crippen molar-refractivity contribution in [2.75, 3.05) is 0 Å². The Hall–Kier alpha value is -2.06. The third-order valence-electron chi connectivity index (χ3n) is 4.68. The molecule has 0 unspecified atom stereocenters. The van der Waals surface area contributed by atoms with Crippen molar-refractivity contribution in [1.82, 2.24) is 0 Å². The molecule has 0 saturated heterocycles. The lowest BCUT2D eigenvalue weighted by Gasteiger charge is -2.16. The predicted octanol–water partition coefficient (Wildman–Crippen LogP) is 5.65. The molecule has 2 aromatic rings. The van der Waals surface area contributed by atoms with E-state index in [2.05, 4.69) is 0 Å². The Morgan fingerprint density at radius 3 is 1.43 bits per heavy atom. The summed E-state index contributed by atoms with van der Waals surface area (Å²) in [5.41, 5.74) is 12.1. The largest absolute Gasteiger partial charge is 0.365 e. The zero-order valence-corrected chi connectivity index (χ0v) is 18.7. The quantitative estimate of drug-likeness (QED) is 0.432. The maximum atomic E-state index is 14.4. The summed E-state index contributed by atoms with van der Waals surface area (Å²) in [5, 5.41) is 0. The van der Waals surface area contributed by atoms with Gasteiger partial charge in [-0.3, -0.25) is 9.59 Å². The van der Waals surface area contributed by atoms with Gasteiger partial charge in [0.15, 0.2) is 0 Å². The molecule has 0 spiro atoms. The summed E-state index contributed by atoms with van der Waals surface area (Å²) in [7, 11) is 2.22. The molecular weight excluding hydrogens is 426 g/mol. The minimum absolute atomic E-state index is 0.187. The third-order valence-corrected chi connectivity index (χ3v) is 7.28. The van der Waals surface area contributed by atoms with Crippen LogP contribution in [0.15, 0.2) is 34.1 Å². The van der Waals surface area contributed by atoms with E-state index in [9.17, 15) is 18.4 Å². The molecule has 0 aliphatic carbocycles. The van der Waals surface area contributed by atoms with E-state index in [1.807, 2.05) is 13.8 Å². The van der Waals surface area contributed by atoms with Gasteiger partial charge in [0, 0.05) is 9.79 Å². The molecular formula is C22H26F2N2O2S2. The van der Waals surface area contributed by atoms with Crippen LogP contribution < -0.4 is 11.5 Å². The summed E-state index contributed by atoms with van der Waals surface area (Å²) in [5.74, 6) is -3.14. The maximum Gasteiger partial charge on any atom is 0.252 e. The number of aryl methyl sites for hydroxylation is 2. The summed E-state index contributed by atoms with van der Waals surface area (Å²) in [6, 6.07) is 5.75. The third kappa shape index (κ3) is 5.76. The fourth-order valence-electron chi connectivity index (χ4n) is 3.06. The van der Waals surface area contributed by atoms with Gasteiger partial charge in [0.1, 0.15) is 11.6 Å². The smallest absolute Gasteiger partial charge is 0.252 e. The van der Waals surface area contributed by atoms with Gasteiger partial charge in [0.05, 0.1) is 11.1 Å². The lowest BCUT2D eigenvalue weighted by molar-refractivity contribution is 0.0984. The van der Waals surface area contributed by atoms with Crippen molar-refractivity contribution in [3.8, 4) is 0 Å². The lowest BCUT2D eigenvalue weighted by Crippen LogP contribution is -2.16. The number of halogens is 2. The average Bonchev–Trinajstić information content (AvgIpc) is 2.69. The van der Waals surface area contributed by atoms with Crippen molar-refractivity contribution in [2.45, 2.75) is 62.2 Å². The number of nitrogens with two attached hydrogens (primary N) is 2. The van der Waals surface area contributed by atoms with Gasteiger partial charge in [-0.15, -0.1) is 0 Å². The molecule has 30 heavy (non-hydrogen) atoms. The van der Waals surface area contributed by atoms with Crippen molar-refractivity contribution in [1.29, 1.82) is 0 Å². The second-order valence-corrected chi connectivity index (χ2v) is 9.07. The number of carbonyl (C=O) groups is 2. The van der Waals surface area contributed by atoms with E-state index in [0.29, 0.717) is 22.6 Å². The Bertz CT molecular complexity index is 860. The van der Waals surface area contributed by atoms with Crippen LogP contribution in [0.5, 0.6) is 0 Å². The molecule has 0 fully saturated rings. The van der Waals surface area contributed by atoms with Gasteiger partial charge in [0.25, 0.3) is 11.8 Å². The number of primary amides is 2. The van der Waals surface area contributed by atoms with E-state index in [-0.39, 0.29) is 11.1 Å². The average molecular weight is 453 g/mol. The first-order valence-electron chi connectivity index (χ1n) is 9.88. The predicted molar refractivity (Wildman–Crippen MR) is 119 cm³/mol. The van der Waals surface area contributed by atoms with Crippen molar-refractivity contribution in [2.24, 2.45) is 11.5 Å². The van der Waals surface area contributed by atoms with Gasteiger partial charge in [-0.2, -0.15) is 0 Å². The van der Waals surface area contributed by atoms with E-state index < -0.39 is 23.4 Å². The van der Waals surface area contributed by atoms with Gasteiger partial charge in [-0.05, 0) is 48.9 Å². The summed E-state index contributed by atoms with van der Waals surface area (Å²) < 4.78 is 28.8. The summed E-state index contributed by atoms with van der Waals surface area (Å²) in [6.07, 6.45) is 4.87. The topological polar surface area (TPSA) is 86.2 Å². The second kappa shape index (κ2) is 11.4. The van der Waals surface area contributed by atoms with Crippen LogP contribution in [-0.4, -0.2) is 11.8 Å². The van der Waals surface area contributed by atoms with Crippen LogP contribution >= 0.6 is 21.6 Å². The lowest BCUT2D eigenvalue weighted by atomic mass is 10.0. The van der Waals surface area contributed by atoms with E-state index in [4.69, 9.17) is 11.5 Å². The van der Waals surface area contributed by atoms with E-state index in [1.54, 1.807) is 12.1 Å². The Kier molecular flexibility index (Phi) is 9.17. The van der Waals surface area contributed by atoms with Crippen LogP contribution in [-0.2, 0) is 12.8 Å². The standard InChI is InChI=1S/C22H26F2N2O2S2/c1-3-5-7-13-9-11-15(23)17(21(25)27)19(13)29-30-20-14(8-6-4-2)10-12-16(24)18(20)22(26)28/h9-12H,3-8H2,1-2H3,(H2,25,27)(H2,26,28). The number of hydrogen-bond donors (Lipinski definition) is 2. The first-order valence-corrected chi connectivity index (χ1v) is 12.0. The summed E-state index contributed by atoms with van der Waals surface area (Å²) >= 11 is 0. The van der Waals surface area contributed by atoms with Crippen molar-refractivity contribution in [3.63, 3.8) is 0 Å². The van der Waals surface area contributed by atoms with Gasteiger partial charge in [-0.1, -0.05) is 60.4 Å². The number of rotatable bonds is 11. The van der Waals surface area contributed by atoms with Crippen molar-refractivity contribution in [3.05, 3.63) is 58.2 Å². The van der Waals surface area contributed by atoms with Crippen LogP contribution in [0.3, 0.4) is 0 Å². The summed E-state index contributed by atoms with van der Waals surface area (Å²) in [4.78, 5) is 24.7. The molecule has 0 radical (unpaired) electrons. The monoisotopic (exact) mass is 452 g/mol. The Morgan fingerprint density at radius 2 is 1.13 bits per heavy atom. The number of unbranched alkanes of at least 4 members (excludes halogenated alkanes) is 2. The molecule has 2 rings (SSSR count). The van der Waals surface area contributed by atoms with Gasteiger partial charge in [-0.25, -0.2) is 8.78 Å². The molecule has 4 nitrogen and oxygen atoms in total. The van der Waals surface area contributed by atoms with Gasteiger partial charge in [0.2, 0.25) is 0 Å². The SMILES string of the molecule is CCCCc1ccc(F)c(C(N)=O)c1SSc1c(CCCC)ccc(F)c1C(N)=O. The molecule has 2 amide bonds. The highest BCUT2D eigenvalue weighted by Gasteiger charge is 2.23. The molecule has 0 aromatic heterocycles. The zero-order valence-electron chi connectivity index (χ0n) is 17.1. The van der Waals surface area contributed by atoms with E-state index >= 15 is 0 Å². The maximum absolute atomic E-state index is 14.4. The molecule has 0 bridgehead atoms. The number of hydrogen-bond acceptors (Lipinski definition) is 4. The van der Waals surface area contributed by atoms with Crippen LogP contribution in [0.1, 0.15) is 71.4 Å². The van der Waals surface area contributed by atoms with Crippen molar-refractivity contribution >= 4 is 33.4 Å². The minimum atomic E-state index is -0.866. The van der Waals surface area contributed by atoms with Crippen LogP contribution in [0.4, 0.5) is 8.78 Å². The fraction of sp³-hybridized carbons (Fsp3) is 0.364. The molecule has 0 aliphatic heterocycles. The van der Waals surface area contributed by atoms with Gasteiger partial charge < -0.3 is 11.5 Å². The first kappa shape index (κ1) is 24.2. The fourth-order valence-corrected chi connectivity index (χ4v) is 5.99. The zero-order chi connectivity index (χ0) is 22.3. The highest BCUT2D eigenvalue weighted by atomic mass is 33.1. The van der Waals surface area contributed by atoms with Crippen LogP contribution in [0.25, 0.3) is 0 Å².